The number of tetrazole rings is 1. The van der Waals surface area contributed by atoms with Crippen molar-refractivity contribution in [3.05, 3.63) is 0 Å². The molecule has 0 spiro atoms. The molecule has 110 valence electrons. The van der Waals surface area contributed by atoms with Crippen molar-refractivity contribution >= 4 is 11.8 Å². The molecule has 0 saturated heterocycles. The summed E-state index contributed by atoms with van der Waals surface area (Å²) in [5.41, 5.74) is 0.365. The average Bonchev–Trinajstić information content (AvgIpc) is 2.70. The van der Waals surface area contributed by atoms with Crippen molar-refractivity contribution in [2.45, 2.75) is 52.7 Å². The first-order valence-electron chi connectivity index (χ1n) is 6.98. The number of hydrogen-bond donors (Lipinski definition) is 1. The van der Waals surface area contributed by atoms with Crippen molar-refractivity contribution in [3.63, 3.8) is 0 Å². The molecule has 0 saturated carbocycles. The minimum atomic E-state index is 0.365. The second-order valence-corrected chi connectivity index (χ2v) is 7.50. The minimum absolute atomic E-state index is 0.365. The largest absolute Gasteiger partial charge is 0.315 e. The lowest BCUT2D eigenvalue weighted by Gasteiger charge is -2.16. The van der Waals surface area contributed by atoms with Crippen molar-refractivity contribution in [1.29, 1.82) is 0 Å². The molecule has 1 rings (SSSR count). The summed E-state index contributed by atoms with van der Waals surface area (Å²) in [4.78, 5) is 0. The van der Waals surface area contributed by atoms with E-state index in [2.05, 4.69) is 55.5 Å². The van der Waals surface area contributed by atoms with E-state index in [1.54, 1.807) is 11.8 Å². The predicted octanol–water partition coefficient (Wildman–Crippen LogP) is 2.45. The Morgan fingerprint density at radius 2 is 2.05 bits per heavy atom. The van der Waals surface area contributed by atoms with E-state index in [9.17, 15) is 0 Å². The van der Waals surface area contributed by atoms with Crippen LogP contribution in [-0.4, -0.2) is 39.0 Å². The van der Waals surface area contributed by atoms with Gasteiger partial charge in [0.2, 0.25) is 5.16 Å². The van der Waals surface area contributed by atoms with Gasteiger partial charge in [0.25, 0.3) is 0 Å². The van der Waals surface area contributed by atoms with E-state index in [1.807, 2.05) is 4.68 Å². The lowest BCUT2D eigenvalue weighted by molar-refractivity contribution is 0.401. The van der Waals surface area contributed by atoms with Gasteiger partial charge in [0.1, 0.15) is 0 Å². The molecule has 0 aliphatic rings. The van der Waals surface area contributed by atoms with Crippen LogP contribution in [0.2, 0.25) is 0 Å². The Balaban J connectivity index is 2.30. The number of rotatable bonds is 8. The molecule has 0 fully saturated rings. The fourth-order valence-corrected chi connectivity index (χ4v) is 2.73. The maximum absolute atomic E-state index is 4.09. The van der Waals surface area contributed by atoms with Crippen LogP contribution in [-0.2, 0) is 6.54 Å². The molecule has 0 bridgehead atoms. The summed E-state index contributed by atoms with van der Waals surface area (Å²) < 4.78 is 1.89. The van der Waals surface area contributed by atoms with Crippen LogP contribution in [0.15, 0.2) is 5.16 Å². The molecule has 1 N–H and O–H groups in total. The van der Waals surface area contributed by atoms with E-state index < -0.39 is 0 Å². The topological polar surface area (TPSA) is 55.6 Å². The number of nitrogens with one attached hydrogen (secondary N) is 1. The number of thioether (sulfide) groups is 1. The molecule has 0 amide bonds. The molecular formula is C13H27N5S. The number of aromatic nitrogens is 4. The lowest BCUT2D eigenvalue weighted by Crippen LogP contribution is -2.24. The predicted molar refractivity (Wildman–Crippen MR) is 80.3 cm³/mol. The van der Waals surface area contributed by atoms with E-state index in [0.717, 1.165) is 37.0 Å². The molecule has 1 aromatic rings. The van der Waals surface area contributed by atoms with Gasteiger partial charge in [-0.05, 0) is 34.7 Å². The molecule has 0 atom stereocenters. The zero-order valence-electron chi connectivity index (χ0n) is 12.8. The highest BCUT2D eigenvalue weighted by atomic mass is 32.2. The molecule has 19 heavy (non-hydrogen) atoms. The van der Waals surface area contributed by atoms with Gasteiger partial charge in [-0.25, -0.2) is 4.68 Å². The van der Waals surface area contributed by atoms with Crippen LogP contribution in [0.4, 0.5) is 0 Å². The normalized spacial score (nSPS) is 12.3. The zero-order chi connectivity index (χ0) is 14.3. The van der Waals surface area contributed by atoms with Gasteiger partial charge in [-0.1, -0.05) is 46.4 Å². The highest BCUT2D eigenvalue weighted by Crippen LogP contribution is 2.24. The van der Waals surface area contributed by atoms with Gasteiger partial charge in [0.05, 0.1) is 6.54 Å². The third-order valence-corrected chi connectivity index (χ3v) is 3.59. The second-order valence-electron chi connectivity index (χ2n) is 6.44. The number of nitrogens with zero attached hydrogens (tertiary/aromatic N) is 4. The minimum Gasteiger partial charge on any atom is -0.315 e. The summed E-state index contributed by atoms with van der Waals surface area (Å²) in [6.45, 7) is 14.0. The summed E-state index contributed by atoms with van der Waals surface area (Å²) >= 11 is 1.74. The van der Waals surface area contributed by atoms with Crippen molar-refractivity contribution in [3.8, 4) is 0 Å². The van der Waals surface area contributed by atoms with Crippen LogP contribution < -0.4 is 5.32 Å². The first-order valence-corrected chi connectivity index (χ1v) is 7.97. The molecule has 1 aromatic heterocycles. The van der Waals surface area contributed by atoms with Gasteiger partial charge in [0, 0.05) is 12.3 Å². The van der Waals surface area contributed by atoms with Crippen LogP contribution in [0.5, 0.6) is 0 Å². The Morgan fingerprint density at radius 3 is 2.68 bits per heavy atom. The second kappa shape index (κ2) is 7.85. The summed E-state index contributed by atoms with van der Waals surface area (Å²) in [5.74, 6) is 1.73. The molecule has 5 nitrogen and oxygen atoms in total. The Morgan fingerprint density at radius 1 is 1.32 bits per heavy atom. The van der Waals surface area contributed by atoms with Crippen LogP contribution in [0.1, 0.15) is 41.0 Å². The van der Waals surface area contributed by atoms with Gasteiger partial charge in [-0.15, -0.1) is 5.10 Å². The van der Waals surface area contributed by atoms with Crippen LogP contribution in [0.3, 0.4) is 0 Å². The average molecular weight is 285 g/mol. The van der Waals surface area contributed by atoms with E-state index >= 15 is 0 Å². The maximum Gasteiger partial charge on any atom is 0.209 e. The third-order valence-electron chi connectivity index (χ3n) is 2.64. The van der Waals surface area contributed by atoms with Crippen molar-refractivity contribution < 1.29 is 0 Å². The van der Waals surface area contributed by atoms with Crippen LogP contribution in [0, 0.1) is 11.3 Å². The molecule has 0 aromatic carbocycles. The summed E-state index contributed by atoms with van der Waals surface area (Å²) in [5, 5.41) is 16.2. The van der Waals surface area contributed by atoms with Gasteiger partial charge in [0.15, 0.2) is 0 Å². The van der Waals surface area contributed by atoms with Gasteiger partial charge < -0.3 is 5.32 Å². The Hall–Kier alpha value is -0.620. The van der Waals surface area contributed by atoms with Crippen molar-refractivity contribution in [2.75, 3.05) is 18.8 Å². The Bertz CT molecular complexity index is 356. The monoisotopic (exact) mass is 285 g/mol. The summed E-state index contributed by atoms with van der Waals surface area (Å²) in [6.07, 6.45) is 1.16. The van der Waals surface area contributed by atoms with E-state index in [1.165, 1.54) is 0 Å². The smallest absolute Gasteiger partial charge is 0.209 e. The molecule has 6 heteroatoms. The maximum atomic E-state index is 4.09. The fraction of sp³-hybridized carbons (Fsp3) is 0.923. The molecule has 0 aliphatic carbocycles. The van der Waals surface area contributed by atoms with E-state index in [4.69, 9.17) is 0 Å². The summed E-state index contributed by atoms with van der Waals surface area (Å²) in [7, 11) is 0. The molecule has 1 heterocycles. The van der Waals surface area contributed by atoms with Gasteiger partial charge >= 0.3 is 0 Å². The highest BCUT2D eigenvalue weighted by Gasteiger charge is 2.12. The van der Waals surface area contributed by atoms with Gasteiger partial charge in [-0.2, -0.15) is 0 Å². The van der Waals surface area contributed by atoms with Crippen molar-refractivity contribution in [2.24, 2.45) is 11.3 Å². The van der Waals surface area contributed by atoms with Gasteiger partial charge in [-0.3, -0.25) is 0 Å². The Kier molecular flexibility index (Phi) is 6.79. The molecule has 0 radical (unpaired) electrons. The highest BCUT2D eigenvalue weighted by molar-refractivity contribution is 7.99. The SMILES string of the molecule is CC(C)CNCCn1nnnc1SCCC(C)(C)C. The standard InChI is InChI=1S/C13H27N5S/c1-11(2)10-14-7-8-18-12(15-16-17-18)19-9-6-13(3,4)5/h11,14H,6-10H2,1-5H3. The molecule has 0 aliphatic heterocycles. The van der Waals surface area contributed by atoms with E-state index in [0.29, 0.717) is 11.3 Å². The Labute approximate surface area is 120 Å². The zero-order valence-corrected chi connectivity index (χ0v) is 13.6. The van der Waals surface area contributed by atoms with Crippen molar-refractivity contribution in [1.82, 2.24) is 25.5 Å². The first-order chi connectivity index (χ1) is 8.88. The van der Waals surface area contributed by atoms with E-state index in [-0.39, 0.29) is 0 Å². The fourth-order valence-electron chi connectivity index (χ4n) is 1.46. The van der Waals surface area contributed by atoms with Crippen LogP contribution in [0.25, 0.3) is 0 Å². The third kappa shape index (κ3) is 7.52. The first kappa shape index (κ1) is 16.4. The number of hydrogen-bond acceptors (Lipinski definition) is 5. The lowest BCUT2D eigenvalue weighted by atomic mass is 9.94. The summed E-state index contributed by atoms with van der Waals surface area (Å²) in [6, 6.07) is 0. The molecule has 0 unspecified atom stereocenters. The quantitative estimate of drug-likeness (QED) is 0.587. The van der Waals surface area contributed by atoms with Crippen LogP contribution >= 0.6 is 11.8 Å². The molecular weight excluding hydrogens is 258 g/mol.